The number of aryl methyl sites for hydroxylation is 2. The van der Waals surface area contributed by atoms with Crippen molar-refractivity contribution in [3.05, 3.63) is 27.7 Å². The molecule has 6 heteroatoms. The summed E-state index contributed by atoms with van der Waals surface area (Å²) in [4.78, 5) is 24.3. The summed E-state index contributed by atoms with van der Waals surface area (Å²) in [5.74, 6) is 0.0935. The maximum atomic E-state index is 11.8. The number of benzene rings is 1. The standard InChI is InChI=1S/C15H19BrN2O2S/c1-9-6-13(10(2)5-12(9)16)21-8-15(20)17-7-14(19)18-11-3-4-11/h5-6,11H,3-4,7-8H2,1-2H3,(H,17,20)(H,18,19). The predicted molar refractivity (Wildman–Crippen MR) is 88.5 cm³/mol. The van der Waals surface area contributed by atoms with E-state index in [1.54, 1.807) is 0 Å². The first kappa shape index (κ1) is 16.4. The van der Waals surface area contributed by atoms with Gasteiger partial charge >= 0.3 is 0 Å². The second-order valence-corrected chi connectivity index (χ2v) is 7.15. The normalized spacial score (nSPS) is 13.9. The van der Waals surface area contributed by atoms with Crippen molar-refractivity contribution >= 4 is 39.5 Å². The van der Waals surface area contributed by atoms with Gasteiger partial charge in [0.25, 0.3) is 0 Å². The maximum Gasteiger partial charge on any atom is 0.239 e. The highest BCUT2D eigenvalue weighted by Crippen LogP contribution is 2.28. The highest BCUT2D eigenvalue weighted by Gasteiger charge is 2.23. The minimum Gasteiger partial charge on any atom is -0.352 e. The number of amides is 2. The van der Waals surface area contributed by atoms with Gasteiger partial charge in [0.2, 0.25) is 11.8 Å². The molecule has 2 N–H and O–H groups in total. The van der Waals surface area contributed by atoms with Crippen LogP contribution in [0.3, 0.4) is 0 Å². The Morgan fingerprint density at radius 1 is 1.24 bits per heavy atom. The monoisotopic (exact) mass is 370 g/mol. The Hall–Kier alpha value is -1.01. The van der Waals surface area contributed by atoms with E-state index in [0.717, 1.165) is 33.3 Å². The minimum atomic E-state index is -0.120. The van der Waals surface area contributed by atoms with Gasteiger partial charge in [0.05, 0.1) is 12.3 Å². The van der Waals surface area contributed by atoms with Gasteiger partial charge in [0, 0.05) is 15.4 Å². The Morgan fingerprint density at radius 2 is 1.95 bits per heavy atom. The molecule has 2 amide bonds. The fourth-order valence-corrected chi connectivity index (χ4v) is 3.18. The lowest BCUT2D eigenvalue weighted by Crippen LogP contribution is -2.38. The second-order valence-electron chi connectivity index (χ2n) is 5.27. The van der Waals surface area contributed by atoms with E-state index >= 15 is 0 Å². The summed E-state index contributed by atoms with van der Waals surface area (Å²) >= 11 is 4.98. The van der Waals surface area contributed by atoms with Crippen molar-refractivity contribution in [1.29, 1.82) is 0 Å². The van der Waals surface area contributed by atoms with Gasteiger partial charge in [0.15, 0.2) is 0 Å². The van der Waals surface area contributed by atoms with E-state index in [1.165, 1.54) is 11.8 Å². The number of rotatable bonds is 6. The van der Waals surface area contributed by atoms with E-state index in [4.69, 9.17) is 0 Å². The first-order valence-corrected chi connectivity index (χ1v) is 8.69. The molecule has 0 atom stereocenters. The summed E-state index contributed by atoms with van der Waals surface area (Å²) in [6.45, 7) is 4.11. The molecule has 0 spiro atoms. The molecular weight excluding hydrogens is 352 g/mol. The van der Waals surface area contributed by atoms with Gasteiger partial charge in [0.1, 0.15) is 0 Å². The van der Waals surface area contributed by atoms with E-state index in [2.05, 4.69) is 38.7 Å². The topological polar surface area (TPSA) is 58.2 Å². The first-order valence-electron chi connectivity index (χ1n) is 6.91. The fourth-order valence-electron chi connectivity index (χ4n) is 1.79. The van der Waals surface area contributed by atoms with Crippen molar-refractivity contribution in [2.75, 3.05) is 12.3 Å². The third kappa shape index (κ3) is 5.36. The van der Waals surface area contributed by atoms with Crippen LogP contribution in [0.15, 0.2) is 21.5 Å². The summed E-state index contributed by atoms with van der Waals surface area (Å²) in [6.07, 6.45) is 2.11. The molecule has 0 aromatic heterocycles. The van der Waals surface area contributed by atoms with Crippen LogP contribution in [0.4, 0.5) is 0 Å². The molecule has 0 radical (unpaired) electrons. The molecule has 114 valence electrons. The van der Waals surface area contributed by atoms with Crippen molar-refractivity contribution in [1.82, 2.24) is 10.6 Å². The Kier molecular flexibility index (Phi) is 5.70. The van der Waals surface area contributed by atoms with Crippen LogP contribution >= 0.6 is 27.7 Å². The van der Waals surface area contributed by atoms with Crippen LogP contribution in [0.5, 0.6) is 0 Å². The highest BCUT2D eigenvalue weighted by atomic mass is 79.9. The number of nitrogens with one attached hydrogen (secondary N) is 2. The molecule has 1 aromatic carbocycles. The van der Waals surface area contributed by atoms with E-state index in [-0.39, 0.29) is 18.4 Å². The number of carbonyl (C=O) groups excluding carboxylic acids is 2. The largest absolute Gasteiger partial charge is 0.352 e. The first-order chi connectivity index (χ1) is 9.95. The van der Waals surface area contributed by atoms with E-state index in [1.807, 2.05) is 13.8 Å². The summed E-state index contributed by atoms with van der Waals surface area (Å²) in [5.41, 5.74) is 2.28. The van der Waals surface area contributed by atoms with Crippen LogP contribution in [-0.4, -0.2) is 30.2 Å². The zero-order chi connectivity index (χ0) is 15.4. The molecule has 0 unspecified atom stereocenters. The highest BCUT2D eigenvalue weighted by molar-refractivity contribution is 9.10. The SMILES string of the molecule is Cc1cc(SCC(=O)NCC(=O)NC2CC2)c(C)cc1Br. The third-order valence-corrected chi connectivity index (χ3v) is 5.22. The second kappa shape index (κ2) is 7.31. The Balaban J connectivity index is 1.75. The summed E-state index contributed by atoms with van der Waals surface area (Å²) in [6, 6.07) is 4.45. The van der Waals surface area contributed by atoms with Gasteiger partial charge in [-0.1, -0.05) is 15.9 Å². The lowest BCUT2D eigenvalue weighted by molar-refractivity contribution is -0.124. The van der Waals surface area contributed by atoms with Crippen LogP contribution in [0, 0.1) is 13.8 Å². The van der Waals surface area contributed by atoms with Gasteiger partial charge in [-0.3, -0.25) is 9.59 Å². The molecule has 21 heavy (non-hydrogen) atoms. The van der Waals surface area contributed by atoms with Gasteiger partial charge < -0.3 is 10.6 Å². The van der Waals surface area contributed by atoms with Crippen LogP contribution in [-0.2, 0) is 9.59 Å². The van der Waals surface area contributed by atoms with Gasteiger partial charge in [-0.25, -0.2) is 0 Å². The lowest BCUT2D eigenvalue weighted by atomic mass is 10.2. The zero-order valence-electron chi connectivity index (χ0n) is 12.2. The summed E-state index contributed by atoms with van der Waals surface area (Å²) in [5, 5.41) is 5.49. The molecule has 1 aromatic rings. The van der Waals surface area contributed by atoms with Crippen LogP contribution < -0.4 is 10.6 Å². The average molecular weight is 371 g/mol. The molecule has 0 saturated heterocycles. The molecule has 4 nitrogen and oxygen atoms in total. The predicted octanol–water partition coefficient (Wildman–Crippen LogP) is 2.55. The van der Waals surface area contributed by atoms with Gasteiger partial charge in [-0.15, -0.1) is 11.8 Å². The van der Waals surface area contributed by atoms with Crippen LogP contribution in [0.25, 0.3) is 0 Å². The Morgan fingerprint density at radius 3 is 2.62 bits per heavy atom. The summed E-state index contributed by atoms with van der Waals surface area (Å²) < 4.78 is 1.07. The van der Waals surface area contributed by atoms with Crippen molar-refractivity contribution in [3.8, 4) is 0 Å². The molecule has 1 saturated carbocycles. The number of hydrogen-bond donors (Lipinski definition) is 2. The van der Waals surface area contributed by atoms with Crippen molar-refractivity contribution in [2.45, 2.75) is 37.6 Å². The van der Waals surface area contributed by atoms with Crippen molar-refractivity contribution < 1.29 is 9.59 Å². The average Bonchev–Trinajstić information content (AvgIpc) is 3.23. The van der Waals surface area contributed by atoms with Crippen molar-refractivity contribution in [3.63, 3.8) is 0 Å². The van der Waals surface area contributed by atoms with E-state index in [0.29, 0.717) is 11.8 Å². The summed E-state index contributed by atoms with van der Waals surface area (Å²) in [7, 11) is 0. The maximum absolute atomic E-state index is 11.8. The van der Waals surface area contributed by atoms with Crippen molar-refractivity contribution in [2.24, 2.45) is 0 Å². The van der Waals surface area contributed by atoms with E-state index < -0.39 is 0 Å². The molecule has 0 aliphatic heterocycles. The van der Waals surface area contributed by atoms with E-state index in [9.17, 15) is 9.59 Å². The third-order valence-electron chi connectivity index (χ3n) is 3.20. The van der Waals surface area contributed by atoms with Crippen LogP contribution in [0.1, 0.15) is 24.0 Å². The number of thioether (sulfide) groups is 1. The molecule has 0 heterocycles. The lowest BCUT2D eigenvalue weighted by Gasteiger charge is -2.09. The van der Waals surface area contributed by atoms with Crippen LogP contribution in [0.2, 0.25) is 0 Å². The number of hydrogen-bond acceptors (Lipinski definition) is 3. The molecule has 1 aliphatic carbocycles. The Bertz CT molecular complexity index is 559. The Labute approximate surface area is 137 Å². The molecule has 2 rings (SSSR count). The number of carbonyl (C=O) groups is 2. The number of halogens is 1. The molecule has 1 aliphatic rings. The van der Waals surface area contributed by atoms with Gasteiger partial charge in [-0.2, -0.15) is 0 Å². The quantitative estimate of drug-likeness (QED) is 0.756. The van der Waals surface area contributed by atoms with Gasteiger partial charge in [-0.05, 0) is 49.9 Å². The molecule has 0 bridgehead atoms. The molecule has 1 fully saturated rings. The minimum absolute atomic E-state index is 0.0637. The zero-order valence-corrected chi connectivity index (χ0v) is 14.6. The smallest absolute Gasteiger partial charge is 0.239 e. The molecular formula is C15H19BrN2O2S. The fraction of sp³-hybridized carbons (Fsp3) is 0.467.